The molecule has 0 saturated heterocycles. The molecule has 1 aliphatic rings. The Labute approximate surface area is 94.6 Å². The molecule has 0 atom stereocenters. The number of carbonyl (C=O) groups is 2. The molecular formula is C12H16O4. The third-order valence-corrected chi connectivity index (χ3v) is 1.92. The minimum Gasteiger partial charge on any atom is -0.460 e. The fraction of sp³-hybridized carbons (Fsp3) is 0.500. The summed E-state index contributed by atoms with van der Waals surface area (Å²) in [5, 5.41) is 9.93. The van der Waals surface area contributed by atoms with Crippen molar-refractivity contribution >= 4 is 11.8 Å². The Morgan fingerprint density at radius 3 is 2.31 bits per heavy atom. The minimum atomic E-state index is -1.41. The largest absolute Gasteiger partial charge is 0.460 e. The van der Waals surface area contributed by atoms with E-state index in [9.17, 15) is 14.7 Å². The van der Waals surface area contributed by atoms with Crippen LogP contribution >= 0.6 is 0 Å². The van der Waals surface area contributed by atoms with Gasteiger partial charge in [0.2, 0.25) is 0 Å². The first-order valence-corrected chi connectivity index (χ1v) is 5.07. The summed E-state index contributed by atoms with van der Waals surface area (Å²) in [6.07, 6.45) is 4.90. The number of allylic oxidation sites excluding steroid dienone is 2. The van der Waals surface area contributed by atoms with Crippen LogP contribution in [0.1, 0.15) is 27.2 Å². The second-order valence-corrected chi connectivity index (χ2v) is 4.82. The van der Waals surface area contributed by atoms with Crippen LogP contribution < -0.4 is 0 Å². The van der Waals surface area contributed by atoms with Crippen LogP contribution in [0.3, 0.4) is 0 Å². The van der Waals surface area contributed by atoms with Crippen molar-refractivity contribution in [3.8, 4) is 0 Å². The Kier molecular flexibility index (Phi) is 3.33. The monoisotopic (exact) mass is 224 g/mol. The standard InChI is InChI=1S/C12H16O4/c1-11(2,3)16-10(14)8-12(15)6-4-9(13)5-7-12/h4-7,15H,8H2,1-3H3. The van der Waals surface area contributed by atoms with Crippen LogP contribution in [-0.2, 0) is 14.3 Å². The van der Waals surface area contributed by atoms with E-state index in [1.807, 2.05) is 0 Å². The van der Waals surface area contributed by atoms with Crippen LogP contribution in [0, 0.1) is 0 Å². The van der Waals surface area contributed by atoms with E-state index in [1.54, 1.807) is 20.8 Å². The minimum absolute atomic E-state index is 0.190. The number of esters is 1. The molecule has 0 aliphatic heterocycles. The van der Waals surface area contributed by atoms with Crippen LogP contribution in [0.4, 0.5) is 0 Å². The molecule has 0 aromatic heterocycles. The van der Waals surface area contributed by atoms with E-state index in [2.05, 4.69) is 0 Å². The zero-order valence-electron chi connectivity index (χ0n) is 9.69. The number of hydrogen-bond donors (Lipinski definition) is 1. The third-order valence-electron chi connectivity index (χ3n) is 1.92. The quantitative estimate of drug-likeness (QED) is 0.714. The molecule has 0 amide bonds. The predicted octanol–water partition coefficient (Wildman–Crippen LogP) is 1.14. The van der Waals surface area contributed by atoms with Gasteiger partial charge >= 0.3 is 5.97 Å². The number of rotatable bonds is 2. The molecule has 0 aromatic rings. The highest BCUT2D eigenvalue weighted by Gasteiger charge is 2.29. The van der Waals surface area contributed by atoms with Crippen molar-refractivity contribution in [2.75, 3.05) is 0 Å². The smallest absolute Gasteiger partial charge is 0.309 e. The molecule has 0 saturated carbocycles. The summed E-state index contributed by atoms with van der Waals surface area (Å²) in [5.74, 6) is -0.701. The molecule has 0 heterocycles. The molecule has 1 aliphatic carbocycles. The van der Waals surface area contributed by atoms with Gasteiger partial charge in [-0.15, -0.1) is 0 Å². The van der Waals surface area contributed by atoms with E-state index in [1.165, 1.54) is 24.3 Å². The normalized spacial score (nSPS) is 18.6. The second-order valence-electron chi connectivity index (χ2n) is 4.82. The molecule has 0 fully saturated rings. The molecule has 4 heteroatoms. The van der Waals surface area contributed by atoms with E-state index in [0.29, 0.717) is 0 Å². The number of aliphatic hydroxyl groups is 1. The Balaban J connectivity index is 2.61. The van der Waals surface area contributed by atoms with Crippen molar-refractivity contribution in [1.29, 1.82) is 0 Å². The van der Waals surface area contributed by atoms with Crippen molar-refractivity contribution in [2.45, 2.75) is 38.4 Å². The molecular weight excluding hydrogens is 208 g/mol. The van der Waals surface area contributed by atoms with Crippen molar-refractivity contribution in [3.63, 3.8) is 0 Å². The fourth-order valence-corrected chi connectivity index (χ4v) is 1.29. The van der Waals surface area contributed by atoms with Gasteiger partial charge in [-0.1, -0.05) is 0 Å². The first-order valence-electron chi connectivity index (χ1n) is 5.07. The highest BCUT2D eigenvalue weighted by molar-refractivity contribution is 6.00. The van der Waals surface area contributed by atoms with Gasteiger partial charge in [-0.3, -0.25) is 9.59 Å². The highest BCUT2D eigenvalue weighted by atomic mass is 16.6. The van der Waals surface area contributed by atoms with Crippen LogP contribution in [0.15, 0.2) is 24.3 Å². The number of carbonyl (C=O) groups excluding carboxylic acids is 2. The Bertz CT molecular complexity index is 342. The van der Waals surface area contributed by atoms with E-state index in [4.69, 9.17) is 4.74 Å². The van der Waals surface area contributed by atoms with Gasteiger partial charge in [0, 0.05) is 0 Å². The Morgan fingerprint density at radius 1 is 1.38 bits per heavy atom. The maximum absolute atomic E-state index is 11.5. The summed E-state index contributed by atoms with van der Waals surface area (Å²) in [4.78, 5) is 22.3. The van der Waals surface area contributed by atoms with Gasteiger partial charge < -0.3 is 9.84 Å². The van der Waals surface area contributed by atoms with Gasteiger partial charge in [0.25, 0.3) is 0 Å². The van der Waals surface area contributed by atoms with E-state index < -0.39 is 17.2 Å². The SMILES string of the molecule is CC(C)(C)OC(=O)CC1(O)C=CC(=O)C=C1. The van der Waals surface area contributed by atoms with Gasteiger partial charge in [-0.2, -0.15) is 0 Å². The maximum atomic E-state index is 11.5. The zero-order chi connectivity index (χ0) is 12.4. The molecule has 0 aromatic carbocycles. The summed E-state index contributed by atoms with van der Waals surface area (Å²) in [7, 11) is 0. The average molecular weight is 224 g/mol. The van der Waals surface area contributed by atoms with Gasteiger partial charge in [-0.25, -0.2) is 0 Å². The number of ether oxygens (including phenoxy) is 1. The molecule has 1 rings (SSSR count). The third kappa shape index (κ3) is 3.98. The maximum Gasteiger partial charge on any atom is 0.309 e. The van der Waals surface area contributed by atoms with Gasteiger partial charge in [-0.05, 0) is 45.1 Å². The average Bonchev–Trinajstić information content (AvgIpc) is 2.07. The summed E-state index contributed by atoms with van der Waals surface area (Å²) >= 11 is 0. The van der Waals surface area contributed by atoms with Crippen LogP contribution in [-0.4, -0.2) is 28.1 Å². The van der Waals surface area contributed by atoms with Crippen LogP contribution in [0.2, 0.25) is 0 Å². The predicted molar refractivity (Wildman–Crippen MR) is 58.7 cm³/mol. The van der Waals surface area contributed by atoms with Crippen LogP contribution in [0.25, 0.3) is 0 Å². The zero-order valence-corrected chi connectivity index (χ0v) is 9.69. The summed E-state index contributed by atoms with van der Waals surface area (Å²) in [6, 6.07) is 0. The molecule has 4 nitrogen and oxygen atoms in total. The lowest BCUT2D eigenvalue weighted by molar-refractivity contribution is -0.157. The molecule has 0 bridgehead atoms. The van der Waals surface area contributed by atoms with Gasteiger partial charge in [0.15, 0.2) is 5.78 Å². The van der Waals surface area contributed by atoms with Crippen molar-refractivity contribution in [3.05, 3.63) is 24.3 Å². The summed E-state index contributed by atoms with van der Waals surface area (Å²) in [6.45, 7) is 5.26. The fourth-order valence-electron chi connectivity index (χ4n) is 1.29. The van der Waals surface area contributed by atoms with Crippen LogP contribution in [0.5, 0.6) is 0 Å². The van der Waals surface area contributed by atoms with Crippen molar-refractivity contribution in [1.82, 2.24) is 0 Å². The first kappa shape index (κ1) is 12.6. The molecule has 0 spiro atoms. The number of ketones is 1. The molecule has 1 N–H and O–H groups in total. The first-order chi connectivity index (χ1) is 7.20. The lowest BCUT2D eigenvalue weighted by atomic mass is 9.94. The van der Waals surface area contributed by atoms with E-state index in [0.717, 1.165) is 0 Å². The second kappa shape index (κ2) is 4.22. The molecule has 16 heavy (non-hydrogen) atoms. The molecule has 88 valence electrons. The lowest BCUT2D eigenvalue weighted by Crippen LogP contribution is -2.33. The van der Waals surface area contributed by atoms with E-state index in [-0.39, 0.29) is 12.2 Å². The van der Waals surface area contributed by atoms with E-state index >= 15 is 0 Å². The van der Waals surface area contributed by atoms with Gasteiger partial charge in [0.1, 0.15) is 11.2 Å². The molecule has 0 radical (unpaired) electrons. The Morgan fingerprint density at radius 2 is 1.88 bits per heavy atom. The van der Waals surface area contributed by atoms with Crippen molar-refractivity contribution in [2.24, 2.45) is 0 Å². The van der Waals surface area contributed by atoms with Crippen molar-refractivity contribution < 1.29 is 19.4 Å². The van der Waals surface area contributed by atoms with Gasteiger partial charge in [0.05, 0.1) is 6.42 Å². The number of hydrogen-bond acceptors (Lipinski definition) is 4. The Hall–Kier alpha value is -1.42. The lowest BCUT2D eigenvalue weighted by Gasteiger charge is -2.25. The summed E-state index contributed by atoms with van der Waals surface area (Å²) in [5.41, 5.74) is -1.98. The summed E-state index contributed by atoms with van der Waals surface area (Å²) < 4.78 is 5.08. The molecule has 0 unspecified atom stereocenters. The topological polar surface area (TPSA) is 63.6 Å². The highest BCUT2D eigenvalue weighted by Crippen LogP contribution is 2.20.